The first-order valence-corrected chi connectivity index (χ1v) is 9.40. The molecule has 2 aromatic carbocycles. The average Bonchev–Trinajstić information content (AvgIpc) is 3.26. The molecule has 154 valence electrons. The molecule has 1 aromatic heterocycles. The van der Waals surface area contributed by atoms with Gasteiger partial charge in [-0.2, -0.15) is 0 Å². The Kier molecular flexibility index (Phi) is 6.54. The molecule has 0 atom stereocenters. The van der Waals surface area contributed by atoms with Crippen LogP contribution < -0.4 is 10.6 Å². The maximum Gasteiger partial charge on any atom is 0.338 e. The van der Waals surface area contributed by atoms with Crippen molar-refractivity contribution < 1.29 is 23.5 Å². The first kappa shape index (κ1) is 21.1. The Hall–Kier alpha value is -3.58. The molecule has 3 rings (SSSR count). The standard InChI is InChI=1S/C22H19ClN2O5/c1-13-8-9-15(11-18(13)25-21(27)19-7-4-10-29-19)22(28)30-12-20(26)24-17-6-3-5-16(23)14(17)2/h3-11H,12H2,1-2H3,(H,24,26)(H,25,27). The van der Waals surface area contributed by atoms with Gasteiger partial charge in [0.25, 0.3) is 11.8 Å². The van der Waals surface area contributed by atoms with Crippen molar-refractivity contribution in [3.63, 3.8) is 0 Å². The third kappa shape index (κ3) is 5.07. The van der Waals surface area contributed by atoms with Crippen LogP contribution in [-0.4, -0.2) is 24.4 Å². The van der Waals surface area contributed by atoms with Crippen molar-refractivity contribution in [3.8, 4) is 0 Å². The minimum absolute atomic E-state index is 0.148. The van der Waals surface area contributed by atoms with E-state index in [1.807, 2.05) is 0 Å². The number of ether oxygens (including phenoxy) is 1. The van der Waals surface area contributed by atoms with Crippen LogP contribution in [0.5, 0.6) is 0 Å². The fourth-order valence-corrected chi connectivity index (χ4v) is 2.79. The lowest BCUT2D eigenvalue weighted by atomic mass is 10.1. The van der Waals surface area contributed by atoms with Gasteiger partial charge >= 0.3 is 5.97 Å². The number of nitrogens with one attached hydrogen (secondary N) is 2. The zero-order valence-corrected chi connectivity index (χ0v) is 17.1. The zero-order valence-electron chi connectivity index (χ0n) is 16.3. The highest BCUT2D eigenvalue weighted by atomic mass is 35.5. The topological polar surface area (TPSA) is 97.6 Å². The minimum Gasteiger partial charge on any atom is -0.459 e. The summed E-state index contributed by atoms with van der Waals surface area (Å²) in [5.41, 5.74) is 2.64. The summed E-state index contributed by atoms with van der Waals surface area (Å²) < 4.78 is 10.1. The van der Waals surface area contributed by atoms with Crippen molar-refractivity contribution in [1.82, 2.24) is 0 Å². The Balaban J connectivity index is 1.62. The number of amides is 2. The van der Waals surface area contributed by atoms with Crippen molar-refractivity contribution in [1.29, 1.82) is 0 Å². The smallest absolute Gasteiger partial charge is 0.338 e. The van der Waals surface area contributed by atoms with E-state index in [9.17, 15) is 14.4 Å². The molecule has 0 saturated carbocycles. The highest BCUT2D eigenvalue weighted by molar-refractivity contribution is 6.31. The van der Waals surface area contributed by atoms with Crippen molar-refractivity contribution in [3.05, 3.63) is 82.3 Å². The molecule has 2 N–H and O–H groups in total. The van der Waals surface area contributed by atoms with E-state index in [0.717, 1.165) is 5.56 Å². The number of rotatable bonds is 6. The van der Waals surface area contributed by atoms with Crippen LogP contribution in [0.2, 0.25) is 5.02 Å². The molecule has 0 saturated heterocycles. The van der Waals surface area contributed by atoms with Crippen LogP contribution in [0.3, 0.4) is 0 Å². The average molecular weight is 427 g/mol. The summed E-state index contributed by atoms with van der Waals surface area (Å²) in [7, 11) is 0. The van der Waals surface area contributed by atoms with Gasteiger partial charge in [-0.1, -0.05) is 23.7 Å². The normalized spacial score (nSPS) is 10.4. The van der Waals surface area contributed by atoms with Gasteiger partial charge in [0.2, 0.25) is 0 Å². The second-order valence-electron chi connectivity index (χ2n) is 6.50. The summed E-state index contributed by atoms with van der Waals surface area (Å²) in [4.78, 5) is 36.6. The van der Waals surface area contributed by atoms with Gasteiger partial charge in [0.1, 0.15) is 0 Å². The van der Waals surface area contributed by atoms with Crippen LogP contribution in [0, 0.1) is 13.8 Å². The molecule has 1 heterocycles. The lowest BCUT2D eigenvalue weighted by Gasteiger charge is -2.11. The Morgan fingerprint density at radius 2 is 1.80 bits per heavy atom. The van der Waals surface area contributed by atoms with Gasteiger partial charge in [-0.15, -0.1) is 0 Å². The van der Waals surface area contributed by atoms with Gasteiger partial charge in [0.05, 0.1) is 11.8 Å². The summed E-state index contributed by atoms with van der Waals surface area (Å²) in [5, 5.41) is 5.86. The Bertz CT molecular complexity index is 1090. The van der Waals surface area contributed by atoms with Gasteiger partial charge in [-0.25, -0.2) is 4.79 Å². The highest BCUT2D eigenvalue weighted by Gasteiger charge is 2.15. The first-order chi connectivity index (χ1) is 14.3. The van der Waals surface area contributed by atoms with Crippen LogP contribution in [0.15, 0.2) is 59.2 Å². The maximum absolute atomic E-state index is 12.3. The van der Waals surface area contributed by atoms with E-state index in [2.05, 4.69) is 10.6 Å². The molecule has 0 fully saturated rings. The fourth-order valence-electron chi connectivity index (χ4n) is 2.62. The van der Waals surface area contributed by atoms with Gasteiger partial charge in [0.15, 0.2) is 12.4 Å². The molecule has 8 heteroatoms. The number of halogens is 1. The highest BCUT2D eigenvalue weighted by Crippen LogP contribution is 2.23. The molecule has 0 aliphatic carbocycles. The second-order valence-corrected chi connectivity index (χ2v) is 6.91. The van der Waals surface area contributed by atoms with E-state index in [1.54, 1.807) is 50.2 Å². The fraction of sp³-hybridized carbons (Fsp3) is 0.136. The van der Waals surface area contributed by atoms with Crippen LogP contribution in [-0.2, 0) is 9.53 Å². The maximum atomic E-state index is 12.3. The number of hydrogen-bond donors (Lipinski definition) is 2. The molecule has 0 spiro atoms. The lowest BCUT2D eigenvalue weighted by molar-refractivity contribution is -0.119. The monoisotopic (exact) mass is 426 g/mol. The second kappa shape index (κ2) is 9.28. The van der Waals surface area contributed by atoms with E-state index >= 15 is 0 Å². The molecule has 0 aliphatic heterocycles. The summed E-state index contributed by atoms with van der Waals surface area (Å²) >= 11 is 6.03. The van der Waals surface area contributed by atoms with E-state index in [4.69, 9.17) is 20.8 Å². The number of anilines is 2. The van der Waals surface area contributed by atoms with Crippen LogP contribution in [0.25, 0.3) is 0 Å². The van der Waals surface area contributed by atoms with E-state index in [1.165, 1.54) is 18.4 Å². The van der Waals surface area contributed by atoms with Gasteiger partial charge in [-0.3, -0.25) is 9.59 Å². The third-order valence-electron chi connectivity index (χ3n) is 4.34. The van der Waals surface area contributed by atoms with E-state index in [0.29, 0.717) is 22.0 Å². The van der Waals surface area contributed by atoms with Crippen molar-refractivity contribution in [2.75, 3.05) is 17.2 Å². The lowest BCUT2D eigenvalue weighted by Crippen LogP contribution is -2.21. The largest absolute Gasteiger partial charge is 0.459 e. The number of esters is 1. The number of carbonyl (C=O) groups excluding carboxylic acids is 3. The molecule has 30 heavy (non-hydrogen) atoms. The summed E-state index contributed by atoms with van der Waals surface area (Å²) in [6.45, 7) is 3.09. The minimum atomic E-state index is -0.693. The number of benzene rings is 2. The molecule has 0 unspecified atom stereocenters. The van der Waals surface area contributed by atoms with Gasteiger partial charge in [0, 0.05) is 16.4 Å². The van der Waals surface area contributed by atoms with E-state index in [-0.39, 0.29) is 11.3 Å². The van der Waals surface area contributed by atoms with Crippen LogP contribution in [0.1, 0.15) is 32.0 Å². The number of hydrogen-bond acceptors (Lipinski definition) is 5. The molecular weight excluding hydrogens is 408 g/mol. The van der Waals surface area contributed by atoms with Crippen molar-refractivity contribution in [2.24, 2.45) is 0 Å². The Labute approximate surface area is 178 Å². The summed E-state index contributed by atoms with van der Waals surface area (Å²) in [6, 6.07) is 13.0. The third-order valence-corrected chi connectivity index (χ3v) is 4.75. The molecule has 2 amide bonds. The molecule has 0 bridgehead atoms. The molecule has 3 aromatic rings. The predicted octanol–water partition coefficient (Wildman–Crippen LogP) is 4.60. The summed E-state index contributed by atoms with van der Waals surface area (Å²) in [5.74, 6) is -1.48. The number of carbonyl (C=O) groups is 3. The Morgan fingerprint density at radius 3 is 2.53 bits per heavy atom. The predicted molar refractivity (Wildman–Crippen MR) is 113 cm³/mol. The SMILES string of the molecule is Cc1ccc(C(=O)OCC(=O)Nc2cccc(Cl)c2C)cc1NC(=O)c1ccco1. The first-order valence-electron chi connectivity index (χ1n) is 9.02. The summed E-state index contributed by atoms with van der Waals surface area (Å²) in [6.07, 6.45) is 1.39. The van der Waals surface area contributed by atoms with Gasteiger partial charge < -0.3 is 19.8 Å². The zero-order chi connectivity index (χ0) is 21.7. The number of aryl methyl sites for hydroxylation is 1. The molecule has 7 nitrogen and oxygen atoms in total. The van der Waals surface area contributed by atoms with Crippen molar-refractivity contribution >= 4 is 40.8 Å². The molecule has 0 aliphatic rings. The van der Waals surface area contributed by atoms with E-state index < -0.39 is 24.4 Å². The van der Waals surface area contributed by atoms with Gasteiger partial charge in [-0.05, 0) is 61.4 Å². The quantitative estimate of drug-likeness (QED) is 0.561. The Morgan fingerprint density at radius 1 is 1.00 bits per heavy atom. The molecular formula is C22H19ClN2O5. The van der Waals surface area contributed by atoms with Crippen LogP contribution in [0.4, 0.5) is 11.4 Å². The van der Waals surface area contributed by atoms with Crippen LogP contribution >= 0.6 is 11.6 Å². The molecule has 0 radical (unpaired) electrons. The number of furan rings is 1. The van der Waals surface area contributed by atoms with Crippen molar-refractivity contribution in [2.45, 2.75) is 13.8 Å².